The molecule has 7 atom stereocenters. The first-order chi connectivity index (χ1) is 10.0. The van der Waals surface area contributed by atoms with Crippen molar-refractivity contribution in [2.75, 3.05) is 0 Å². The fraction of sp³-hybridized carbons (Fsp3) is 0.842. The van der Waals surface area contributed by atoms with Crippen molar-refractivity contribution in [3.05, 3.63) is 11.6 Å². The molecule has 0 saturated heterocycles. The van der Waals surface area contributed by atoms with E-state index >= 15 is 0 Å². The molecule has 3 fully saturated rings. The molecule has 2 nitrogen and oxygen atoms in total. The smallest absolute Gasteiger partial charge is 0.158 e. The van der Waals surface area contributed by atoms with Gasteiger partial charge in [0.15, 0.2) is 5.78 Å². The minimum absolute atomic E-state index is 0.0766. The Morgan fingerprint density at radius 1 is 1.19 bits per heavy atom. The number of carbonyl (C=O) groups excluding carboxylic acids is 1. The lowest BCUT2D eigenvalue weighted by Gasteiger charge is -2.53. The number of hydrogen-bond donors (Lipinski definition) is 1. The number of aliphatic hydroxyl groups excluding tert-OH is 1. The van der Waals surface area contributed by atoms with Gasteiger partial charge in [0.2, 0.25) is 0 Å². The minimum Gasteiger partial charge on any atom is -0.393 e. The van der Waals surface area contributed by atoms with Crippen LogP contribution < -0.4 is 0 Å². The van der Waals surface area contributed by atoms with E-state index < -0.39 is 0 Å². The van der Waals surface area contributed by atoms with E-state index in [0.717, 1.165) is 37.0 Å². The van der Waals surface area contributed by atoms with Crippen LogP contribution in [0.5, 0.6) is 0 Å². The number of ketones is 1. The van der Waals surface area contributed by atoms with Crippen LogP contribution in [0.2, 0.25) is 0 Å². The van der Waals surface area contributed by atoms with Crippen molar-refractivity contribution in [3.63, 3.8) is 0 Å². The van der Waals surface area contributed by atoms with Gasteiger partial charge < -0.3 is 5.11 Å². The number of fused-ring (bicyclic) bond motifs is 5. The summed E-state index contributed by atoms with van der Waals surface area (Å²) in [5.41, 5.74) is 1.64. The van der Waals surface area contributed by atoms with E-state index in [-0.39, 0.29) is 17.4 Å². The molecule has 0 aromatic heterocycles. The van der Waals surface area contributed by atoms with Crippen molar-refractivity contribution in [3.8, 4) is 0 Å². The lowest BCUT2D eigenvalue weighted by atomic mass is 9.51. The van der Waals surface area contributed by atoms with Crippen LogP contribution in [0.25, 0.3) is 0 Å². The van der Waals surface area contributed by atoms with Gasteiger partial charge in [-0.1, -0.05) is 19.4 Å². The van der Waals surface area contributed by atoms with Crippen LogP contribution in [0.3, 0.4) is 0 Å². The zero-order valence-electron chi connectivity index (χ0n) is 13.3. The maximum Gasteiger partial charge on any atom is 0.158 e. The minimum atomic E-state index is -0.0766. The van der Waals surface area contributed by atoms with Crippen molar-refractivity contribution in [1.29, 1.82) is 0 Å². The Bertz CT molecular complexity index is 494. The Kier molecular flexibility index (Phi) is 3.12. The van der Waals surface area contributed by atoms with Crippen molar-refractivity contribution in [2.24, 2.45) is 35.0 Å². The maximum absolute atomic E-state index is 12.0. The number of allylic oxidation sites excluding steroid dienone is 1. The van der Waals surface area contributed by atoms with E-state index in [1.54, 1.807) is 0 Å². The molecule has 0 heterocycles. The van der Waals surface area contributed by atoms with Crippen LogP contribution in [0, 0.1) is 35.0 Å². The molecule has 4 rings (SSSR count). The molecule has 4 aliphatic rings. The molecule has 0 spiro atoms. The average molecular weight is 288 g/mol. The van der Waals surface area contributed by atoms with Crippen LogP contribution >= 0.6 is 0 Å². The van der Waals surface area contributed by atoms with Crippen molar-refractivity contribution in [1.82, 2.24) is 0 Å². The normalized spacial score (nSPS) is 52.7. The van der Waals surface area contributed by atoms with Crippen LogP contribution in [0.1, 0.15) is 58.8 Å². The second kappa shape index (κ2) is 4.68. The SMILES string of the molecule is C[C@H]1C[C@@H]2C(=CC1=O)CC[C@@H]1[C@H]2CC[C@]2(C)[C@@H]1CC[C@@H]2O. The summed E-state index contributed by atoms with van der Waals surface area (Å²) in [4.78, 5) is 12.0. The molecule has 4 aliphatic carbocycles. The topological polar surface area (TPSA) is 37.3 Å². The first-order valence-corrected chi connectivity index (χ1v) is 8.93. The average Bonchev–Trinajstić information content (AvgIpc) is 2.76. The summed E-state index contributed by atoms with van der Waals surface area (Å²) in [6.45, 7) is 4.44. The second-order valence-electron chi connectivity index (χ2n) is 8.48. The summed E-state index contributed by atoms with van der Waals surface area (Å²) in [7, 11) is 0. The molecule has 0 unspecified atom stereocenters. The highest BCUT2D eigenvalue weighted by Crippen LogP contribution is 2.61. The standard InChI is InChI=1S/C19H28O2/c1-11-9-15-12(10-17(11)20)3-4-14-13(15)7-8-19(2)16(14)5-6-18(19)21/h10-11,13-16,18,21H,3-9H2,1-2H3/t11-,13+,14+,15+,16+,18-,19+/m0/s1. The van der Waals surface area contributed by atoms with Crippen LogP contribution in [-0.4, -0.2) is 17.0 Å². The monoisotopic (exact) mass is 288 g/mol. The van der Waals surface area contributed by atoms with Crippen molar-refractivity contribution >= 4 is 5.78 Å². The van der Waals surface area contributed by atoms with Gasteiger partial charge in [-0.05, 0) is 80.1 Å². The summed E-state index contributed by atoms with van der Waals surface area (Å²) in [5, 5.41) is 10.4. The predicted octanol–water partition coefficient (Wildman–Crippen LogP) is 3.74. The third kappa shape index (κ3) is 1.91. The van der Waals surface area contributed by atoms with Gasteiger partial charge in [-0.15, -0.1) is 0 Å². The molecule has 0 bridgehead atoms. The molecule has 116 valence electrons. The molecular weight excluding hydrogens is 260 g/mol. The Labute approximate surface area is 128 Å². The van der Waals surface area contributed by atoms with E-state index in [1.807, 2.05) is 6.08 Å². The molecule has 0 aliphatic heterocycles. The first-order valence-electron chi connectivity index (χ1n) is 8.93. The van der Waals surface area contributed by atoms with Gasteiger partial charge >= 0.3 is 0 Å². The molecule has 0 aromatic rings. The third-order valence-electron chi connectivity index (χ3n) is 7.62. The summed E-state index contributed by atoms with van der Waals surface area (Å²) in [5.74, 6) is 3.54. The van der Waals surface area contributed by atoms with E-state index in [2.05, 4.69) is 13.8 Å². The lowest BCUT2D eigenvalue weighted by molar-refractivity contribution is -0.119. The Morgan fingerprint density at radius 3 is 2.81 bits per heavy atom. The number of aliphatic hydroxyl groups is 1. The number of hydrogen-bond acceptors (Lipinski definition) is 2. The van der Waals surface area contributed by atoms with E-state index in [9.17, 15) is 9.90 Å². The van der Waals surface area contributed by atoms with Crippen molar-refractivity contribution < 1.29 is 9.90 Å². The highest BCUT2D eigenvalue weighted by molar-refractivity contribution is 5.93. The molecule has 0 radical (unpaired) electrons. The van der Waals surface area contributed by atoms with Crippen LogP contribution in [0.4, 0.5) is 0 Å². The van der Waals surface area contributed by atoms with Gasteiger partial charge in [0, 0.05) is 5.92 Å². The van der Waals surface area contributed by atoms with Gasteiger partial charge in [0.1, 0.15) is 0 Å². The summed E-state index contributed by atoms with van der Waals surface area (Å²) < 4.78 is 0. The summed E-state index contributed by atoms with van der Waals surface area (Å²) in [6.07, 6.45) is 10.1. The highest BCUT2D eigenvalue weighted by Gasteiger charge is 2.56. The zero-order chi connectivity index (χ0) is 14.8. The molecule has 0 aromatic carbocycles. The molecule has 21 heavy (non-hydrogen) atoms. The molecule has 3 saturated carbocycles. The molecular formula is C19H28O2. The maximum atomic E-state index is 12.0. The number of rotatable bonds is 0. The third-order valence-corrected chi connectivity index (χ3v) is 7.62. The Hall–Kier alpha value is -0.630. The van der Waals surface area contributed by atoms with E-state index in [4.69, 9.17) is 0 Å². The van der Waals surface area contributed by atoms with Gasteiger partial charge in [0.25, 0.3) is 0 Å². The molecule has 0 amide bonds. The molecule has 1 N–H and O–H groups in total. The van der Waals surface area contributed by atoms with Gasteiger partial charge in [-0.25, -0.2) is 0 Å². The zero-order valence-corrected chi connectivity index (χ0v) is 13.3. The van der Waals surface area contributed by atoms with Gasteiger partial charge in [0.05, 0.1) is 6.10 Å². The lowest BCUT2D eigenvalue weighted by Crippen LogP contribution is -2.48. The van der Waals surface area contributed by atoms with Crippen LogP contribution in [-0.2, 0) is 4.79 Å². The van der Waals surface area contributed by atoms with Crippen LogP contribution in [0.15, 0.2) is 11.6 Å². The van der Waals surface area contributed by atoms with E-state index in [0.29, 0.717) is 11.7 Å². The Balaban J connectivity index is 1.63. The first kappa shape index (κ1) is 14.0. The predicted molar refractivity (Wildman–Crippen MR) is 82.6 cm³/mol. The van der Waals surface area contributed by atoms with Gasteiger partial charge in [-0.3, -0.25) is 4.79 Å². The fourth-order valence-corrected chi connectivity index (χ4v) is 6.33. The second-order valence-corrected chi connectivity index (χ2v) is 8.48. The summed E-state index contributed by atoms with van der Waals surface area (Å²) in [6, 6.07) is 0. The fourth-order valence-electron chi connectivity index (χ4n) is 6.33. The molecule has 2 heteroatoms. The highest BCUT2D eigenvalue weighted by atomic mass is 16.3. The number of carbonyl (C=O) groups is 1. The van der Waals surface area contributed by atoms with Gasteiger partial charge in [-0.2, -0.15) is 0 Å². The van der Waals surface area contributed by atoms with E-state index in [1.165, 1.54) is 31.3 Å². The largest absolute Gasteiger partial charge is 0.393 e. The quantitative estimate of drug-likeness (QED) is 0.737. The Morgan fingerprint density at radius 2 is 2.00 bits per heavy atom. The summed E-state index contributed by atoms with van der Waals surface area (Å²) >= 11 is 0. The van der Waals surface area contributed by atoms with Crippen molar-refractivity contribution in [2.45, 2.75) is 64.9 Å².